The second-order valence-corrected chi connectivity index (χ2v) is 7.18. The van der Waals surface area contributed by atoms with Crippen molar-refractivity contribution >= 4 is 32.6 Å². The molecule has 0 aromatic carbocycles. The van der Waals surface area contributed by atoms with Gasteiger partial charge in [-0.25, -0.2) is 13.4 Å². The van der Waals surface area contributed by atoms with Crippen LogP contribution in [0.3, 0.4) is 0 Å². The molecule has 0 aliphatic carbocycles. The summed E-state index contributed by atoms with van der Waals surface area (Å²) in [6, 6.07) is 0. The molecule has 0 fully saturated rings. The maximum atomic E-state index is 11.1. The van der Waals surface area contributed by atoms with Crippen molar-refractivity contribution in [1.82, 2.24) is 4.98 Å². The molecule has 0 aliphatic rings. The van der Waals surface area contributed by atoms with E-state index in [0.29, 0.717) is 22.2 Å². The molecule has 1 aromatic heterocycles. The zero-order valence-corrected chi connectivity index (χ0v) is 12.2. The van der Waals surface area contributed by atoms with Gasteiger partial charge in [0.2, 0.25) is 0 Å². The molecule has 0 aliphatic heterocycles. The number of rotatable bonds is 7. The van der Waals surface area contributed by atoms with Gasteiger partial charge in [-0.3, -0.25) is 4.79 Å². The van der Waals surface area contributed by atoms with Crippen LogP contribution < -0.4 is 4.90 Å². The predicted octanol–water partition coefficient (Wildman–Crippen LogP) is 0.583. The highest BCUT2D eigenvalue weighted by Crippen LogP contribution is 2.24. The molecule has 0 bridgehead atoms. The van der Waals surface area contributed by atoms with E-state index in [-0.39, 0.29) is 12.4 Å². The molecule has 0 saturated carbocycles. The van der Waals surface area contributed by atoms with E-state index >= 15 is 0 Å². The van der Waals surface area contributed by atoms with Gasteiger partial charge in [-0.05, 0) is 0 Å². The van der Waals surface area contributed by atoms with Crippen LogP contribution in [-0.2, 0) is 21.2 Å². The van der Waals surface area contributed by atoms with Crippen LogP contribution in [0.5, 0.6) is 0 Å². The number of aromatic nitrogens is 1. The van der Waals surface area contributed by atoms with E-state index in [2.05, 4.69) is 4.98 Å². The molecule has 0 saturated heterocycles. The van der Waals surface area contributed by atoms with Crippen LogP contribution in [0, 0.1) is 0 Å². The summed E-state index contributed by atoms with van der Waals surface area (Å²) in [5.41, 5.74) is 0.582. The third kappa shape index (κ3) is 4.35. The first-order valence-corrected chi connectivity index (χ1v) is 8.07. The molecule has 0 atom stereocenters. The second kappa shape index (κ2) is 6.26. The van der Waals surface area contributed by atoms with Gasteiger partial charge < -0.3 is 9.64 Å². The van der Waals surface area contributed by atoms with Crippen molar-refractivity contribution in [1.29, 1.82) is 0 Å². The lowest BCUT2D eigenvalue weighted by Crippen LogP contribution is -2.24. The topological polar surface area (TPSA) is 76.6 Å². The first kappa shape index (κ1) is 15.1. The van der Waals surface area contributed by atoms with E-state index in [0.717, 1.165) is 6.29 Å². The van der Waals surface area contributed by atoms with Crippen LogP contribution in [0.25, 0.3) is 0 Å². The number of carbonyl (C=O) groups is 1. The molecular weight excluding hydrogens is 276 g/mol. The van der Waals surface area contributed by atoms with Gasteiger partial charge in [-0.1, -0.05) is 11.3 Å². The molecule has 1 aromatic rings. The van der Waals surface area contributed by atoms with Crippen molar-refractivity contribution in [3.05, 3.63) is 10.6 Å². The average Bonchev–Trinajstić information content (AvgIpc) is 2.69. The van der Waals surface area contributed by atoms with E-state index in [1.165, 1.54) is 24.7 Å². The molecular formula is C10H16N2O4S2. The second-order valence-electron chi connectivity index (χ2n) is 3.91. The molecule has 0 N–H and O–H groups in total. The Morgan fingerprint density at radius 1 is 1.50 bits per heavy atom. The van der Waals surface area contributed by atoms with Gasteiger partial charge in [-0.2, -0.15) is 0 Å². The molecule has 1 heterocycles. The first-order valence-electron chi connectivity index (χ1n) is 5.20. The Hall–Kier alpha value is -0.990. The normalized spacial score (nSPS) is 11.5. The summed E-state index contributed by atoms with van der Waals surface area (Å²) in [6.07, 6.45) is 1.93. The van der Waals surface area contributed by atoms with Gasteiger partial charge in [0.25, 0.3) is 0 Å². The van der Waals surface area contributed by atoms with Gasteiger partial charge in [0, 0.05) is 27.0 Å². The van der Waals surface area contributed by atoms with Crippen molar-refractivity contribution in [2.45, 2.75) is 6.61 Å². The lowest BCUT2D eigenvalue weighted by molar-refractivity contribution is 0.112. The quantitative estimate of drug-likeness (QED) is 0.684. The molecule has 8 heteroatoms. The summed E-state index contributed by atoms with van der Waals surface area (Å²) in [6.45, 7) is 0.613. The lowest BCUT2D eigenvalue weighted by Gasteiger charge is -2.14. The minimum Gasteiger partial charge on any atom is -0.378 e. The standard InChI is InChI=1S/C10H16N2O4S2/c1-12(4-5-18(3,14)15)10-11-8(7-16-2)9(6-13)17-10/h6H,4-5,7H2,1-3H3. The third-order valence-corrected chi connectivity index (χ3v) is 4.29. The Morgan fingerprint density at radius 2 is 2.17 bits per heavy atom. The van der Waals surface area contributed by atoms with Crippen LogP contribution in [0.2, 0.25) is 0 Å². The Morgan fingerprint density at radius 3 is 2.67 bits per heavy atom. The smallest absolute Gasteiger partial charge is 0.186 e. The number of nitrogens with zero attached hydrogens (tertiary/aromatic N) is 2. The fourth-order valence-corrected chi connectivity index (χ4v) is 2.72. The minimum absolute atomic E-state index is 0.0547. The molecule has 0 unspecified atom stereocenters. The van der Waals surface area contributed by atoms with Crippen LogP contribution in [0.1, 0.15) is 15.4 Å². The van der Waals surface area contributed by atoms with Crippen molar-refractivity contribution in [2.75, 3.05) is 37.6 Å². The highest BCUT2D eigenvalue weighted by Gasteiger charge is 2.14. The molecule has 18 heavy (non-hydrogen) atoms. The summed E-state index contributed by atoms with van der Waals surface area (Å²) < 4.78 is 27.1. The van der Waals surface area contributed by atoms with Gasteiger partial charge in [0.05, 0.1) is 22.9 Å². The Bertz CT molecular complexity index is 510. The maximum Gasteiger partial charge on any atom is 0.186 e. The molecule has 0 spiro atoms. The van der Waals surface area contributed by atoms with Gasteiger partial charge >= 0.3 is 0 Å². The number of hydrogen-bond donors (Lipinski definition) is 0. The van der Waals surface area contributed by atoms with Gasteiger partial charge in [0.15, 0.2) is 11.4 Å². The van der Waals surface area contributed by atoms with E-state index in [1.807, 2.05) is 0 Å². The molecule has 0 radical (unpaired) electrons. The number of aldehydes is 1. The molecule has 6 nitrogen and oxygen atoms in total. The number of carbonyl (C=O) groups excluding carboxylic acids is 1. The van der Waals surface area contributed by atoms with E-state index in [9.17, 15) is 13.2 Å². The number of anilines is 1. The van der Waals surface area contributed by atoms with E-state index in [4.69, 9.17) is 4.74 Å². The minimum atomic E-state index is -3.01. The SMILES string of the molecule is COCc1nc(N(C)CCS(C)(=O)=O)sc1C=O. The zero-order chi connectivity index (χ0) is 13.8. The van der Waals surface area contributed by atoms with Crippen LogP contribution in [0.15, 0.2) is 0 Å². The molecule has 0 amide bonds. The highest BCUT2D eigenvalue weighted by molar-refractivity contribution is 7.90. The summed E-state index contributed by atoms with van der Waals surface area (Å²) in [4.78, 5) is 17.4. The van der Waals surface area contributed by atoms with E-state index < -0.39 is 9.84 Å². The Kier molecular flexibility index (Phi) is 5.24. The van der Waals surface area contributed by atoms with Crippen molar-refractivity contribution in [2.24, 2.45) is 0 Å². The molecule has 1 rings (SSSR count). The molecule has 102 valence electrons. The number of sulfone groups is 1. The van der Waals surface area contributed by atoms with Crippen LogP contribution in [-0.4, -0.2) is 52.4 Å². The van der Waals surface area contributed by atoms with Gasteiger partial charge in [0.1, 0.15) is 9.84 Å². The first-order chi connectivity index (χ1) is 8.37. The fraction of sp³-hybridized carbons (Fsp3) is 0.600. The van der Waals surface area contributed by atoms with Crippen LogP contribution in [0.4, 0.5) is 5.13 Å². The monoisotopic (exact) mass is 292 g/mol. The van der Waals surface area contributed by atoms with Crippen molar-refractivity contribution in [3.63, 3.8) is 0 Å². The Balaban J connectivity index is 2.79. The maximum absolute atomic E-state index is 11.1. The lowest BCUT2D eigenvalue weighted by atomic mass is 10.4. The number of ether oxygens (including phenoxy) is 1. The summed E-state index contributed by atoms with van der Waals surface area (Å²) >= 11 is 1.23. The number of methoxy groups -OCH3 is 1. The highest BCUT2D eigenvalue weighted by atomic mass is 32.2. The van der Waals surface area contributed by atoms with Gasteiger partial charge in [-0.15, -0.1) is 0 Å². The average molecular weight is 292 g/mol. The fourth-order valence-electron chi connectivity index (χ4n) is 1.24. The van der Waals surface area contributed by atoms with Crippen LogP contribution >= 0.6 is 11.3 Å². The summed E-state index contributed by atoms with van der Waals surface area (Å²) in [7, 11) is 0.269. The van der Waals surface area contributed by atoms with Crippen molar-refractivity contribution in [3.8, 4) is 0 Å². The zero-order valence-electron chi connectivity index (χ0n) is 10.5. The summed E-state index contributed by atoms with van der Waals surface area (Å²) in [5.74, 6) is 0.0547. The summed E-state index contributed by atoms with van der Waals surface area (Å²) in [5, 5.41) is 0.618. The number of hydrogen-bond acceptors (Lipinski definition) is 7. The number of thiazole rings is 1. The predicted molar refractivity (Wildman–Crippen MR) is 71.2 cm³/mol. The third-order valence-electron chi connectivity index (χ3n) is 2.23. The van der Waals surface area contributed by atoms with Crippen molar-refractivity contribution < 1.29 is 17.9 Å². The van der Waals surface area contributed by atoms with E-state index in [1.54, 1.807) is 11.9 Å². The Labute approximate surface area is 111 Å². The largest absolute Gasteiger partial charge is 0.378 e.